The van der Waals surface area contributed by atoms with Crippen LogP contribution in [0.3, 0.4) is 0 Å². The van der Waals surface area contributed by atoms with Gasteiger partial charge >= 0.3 is 5.97 Å². The van der Waals surface area contributed by atoms with E-state index in [0.717, 1.165) is 6.07 Å². The fourth-order valence-corrected chi connectivity index (χ4v) is 1.48. The molecule has 1 aromatic rings. The van der Waals surface area contributed by atoms with Gasteiger partial charge in [0, 0.05) is 11.8 Å². The SMILES string of the molecule is COc1c(F)cc(N)c(Br)c1C(=O)O. The maximum absolute atomic E-state index is 13.2. The van der Waals surface area contributed by atoms with Crippen LogP contribution < -0.4 is 10.5 Å². The van der Waals surface area contributed by atoms with Crippen LogP contribution in [0.1, 0.15) is 10.4 Å². The molecule has 0 aliphatic rings. The molecule has 0 fully saturated rings. The van der Waals surface area contributed by atoms with E-state index in [-0.39, 0.29) is 21.5 Å². The summed E-state index contributed by atoms with van der Waals surface area (Å²) < 4.78 is 17.9. The lowest BCUT2D eigenvalue weighted by Gasteiger charge is -2.09. The number of carbonyl (C=O) groups is 1. The number of hydrogen-bond donors (Lipinski definition) is 2. The van der Waals surface area contributed by atoms with E-state index in [1.54, 1.807) is 0 Å². The molecule has 0 aliphatic carbocycles. The van der Waals surface area contributed by atoms with E-state index in [1.807, 2.05) is 0 Å². The molecule has 0 bridgehead atoms. The minimum Gasteiger partial charge on any atom is -0.493 e. The summed E-state index contributed by atoms with van der Waals surface area (Å²) in [6.45, 7) is 0. The molecule has 4 nitrogen and oxygen atoms in total. The number of carboxylic acid groups (broad SMARTS) is 1. The third-order valence-corrected chi connectivity index (χ3v) is 2.47. The first-order valence-electron chi connectivity index (χ1n) is 3.53. The number of rotatable bonds is 2. The molecule has 14 heavy (non-hydrogen) atoms. The normalized spacial score (nSPS) is 9.93. The van der Waals surface area contributed by atoms with Gasteiger partial charge in [-0.15, -0.1) is 0 Å². The standard InChI is InChI=1S/C8H7BrFNO3/c1-14-7-3(10)2-4(11)6(9)5(7)8(12)13/h2H,11H2,1H3,(H,12,13). The van der Waals surface area contributed by atoms with E-state index in [2.05, 4.69) is 20.7 Å². The first-order valence-corrected chi connectivity index (χ1v) is 4.33. The van der Waals surface area contributed by atoms with Crippen LogP contribution in [0.15, 0.2) is 10.5 Å². The molecule has 0 aromatic heterocycles. The van der Waals surface area contributed by atoms with Crippen molar-refractivity contribution in [3.63, 3.8) is 0 Å². The monoisotopic (exact) mass is 263 g/mol. The molecule has 0 unspecified atom stereocenters. The van der Waals surface area contributed by atoms with Crippen LogP contribution in [0.2, 0.25) is 0 Å². The summed E-state index contributed by atoms with van der Waals surface area (Å²) in [4.78, 5) is 10.8. The zero-order chi connectivity index (χ0) is 10.9. The zero-order valence-corrected chi connectivity index (χ0v) is 8.76. The topological polar surface area (TPSA) is 72.5 Å². The summed E-state index contributed by atoms with van der Waals surface area (Å²) in [6.07, 6.45) is 0. The third kappa shape index (κ3) is 1.65. The Hall–Kier alpha value is -1.30. The highest BCUT2D eigenvalue weighted by molar-refractivity contribution is 9.10. The Labute approximate surface area is 87.6 Å². The maximum atomic E-state index is 13.2. The Balaban J connectivity index is 3.56. The van der Waals surface area contributed by atoms with Crippen LogP contribution in [0, 0.1) is 5.82 Å². The van der Waals surface area contributed by atoms with E-state index in [9.17, 15) is 9.18 Å². The molecule has 0 amide bonds. The molecule has 0 saturated heterocycles. The van der Waals surface area contributed by atoms with Crippen molar-refractivity contribution in [2.75, 3.05) is 12.8 Å². The van der Waals surface area contributed by atoms with Gasteiger partial charge in [-0.25, -0.2) is 9.18 Å². The van der Waals surface area contributed by atoms with Gasteiger partial charge in [-0.05, 0) is 15.9 Å². The lowest BCUT2D eigenvalue weighted by molar-refractivity contribution is 0.0691. The summed E-state index contributed by atoms with van der Waals surface area (Å²) in [5.74, 6) is -2.44. The number of benzene rings is 1. The van der Waals surface area contributed by atoms with Crippen LogP contribution in [-0.2, 0) is 0 Å². The number of nitrogen functional groups attached to an aromatic ring is 1. The van der Waals surface area contributed by atoms with Crippen molar-refractivity contribution in [1.29, 1.82) is 0 Å². The van der Waals surface area contributed by atoms with Crippen molar-refractivity contribution in [2.24, 2.45) is 0 Å². The number of ether oxygens (including phenoxy) is 1. The number of anilines is 1. The summed E-state index contributed by atoms with van der Waals surface area (Å²) in [5.41, 5.74) is 5.08. The van der Waals surface area contributed by atoms with Gasteiger partial charge in [0.15, 0.2) is 11.6 Å². The molecule has 0 heterocycles. The molecule has 0 saturated carbocycles. The second-order valence-corrected chi connectivity index (χ2v) is 3.27. The van der Waals surface area contributed by atoms with Crippen LogP contribution in [0.4, 0.5) is 10.1 Å². The van der Waals surface area contributed by atoms with Gasteiger partial charge in [0.25, 0.3) is 0 Å². The van der Waals surface area contributed by atoms with Gasteiger partial charge in [0.1, 0.15) is 5.56 Å². The highest BCUT2D eigenvalue weighted by Crippen LogP contribution is 2.34. The molecular weight excluding hydrogens is 257 g/mol. The van der Waals surface area contributed by atoms with E-state index in [0.29, 0.717) is 0 Å². The highest BCUT2D eigenvalue weighted by atomic mass is 79.9. The zero-order valence-electron chi connectivity index (χ0n) is 7.17. The summed E-state index contributed by atoms with van der Waals surface area (Å²) in [5, 5.41) is 8.79. The number of aromatic carboxylic acids is 1. The fourth-order valence-electron chi connectivity index (χ4n) is 1.02. The van der Waals surface area contributed by atoms with Gasteiger partial charge in [-0.3, -0.25) is 0 Å². The van der Waals surface area contributed by atoms with Crippen LogP contribution in [-0.4, -0.2) is 18.2 Å². The fraction of sp³-hybridized carbons (Fsp3) is 0.125. The Morgan fingerprint density at radius 1 is 1.71 bits per heavy atom. The maximum Gasteiger partial charge on any atom is 0.340 e. The summed E-state index contributed by atoms with van der Waals surface area (Å²) >= 11 is 2.95. The van der Waals surface area contributed by atoms with Crippen molar-refractivity contribution in [1.82, 2.24) is 0 Å². The number of nitrogens with two attached hydrogens (primary N) is 1. The minimum atomic E-state index is -1.31. The Morgan fingerprint density at radius 3 is 2.71 bits per heavy atom. The average Bonchev–Trinajstić information content (AvgIpc) is 2.10. The van der Waals surface area contributed by atoms with Gasteiger partial charge in [0.2, 0.25) is 0 Å². The van der Waals surface area contributed by atoms with Gasteiger partial charge in [-0.2, -0.15) is 0 Å². The third-order valence-electron chi connectivity index (χ3n) is 1.62. The van der Waals surface area contributed by atoms with Crippen molar-refractivity contribution < 1.29 is 19.0 Å². The van der Waals surface area contributed by atoms with Crippen molar-refractivity contribution in [3.8, 4) is 5.75 Å². The highest BCUT2D eigenvalue weighted by Gasteiger charge is 2.21. The van der Waals surface area contributed by atoms with E-state index in [1.165, 1.54) is 7.11 Å². The van der Waals surface area contributed by atoms with Crippen molar-refractivity contribution in [3.05, 3.63) is 21.9 Å². The van der Waals surface area contributed by atoms with E-state index in [4.69, 9.17) is 10.8 Å². The Morgan fingerprint density at radius 2 is 2.29 bits per heavy atom. The molecule has 0 atom stereocenters. The predicted molar refractivity (Wildman–Crippen MR) is 52.0 cm³/mol. The van der Waals surface area contributed by atoms with E-state index < -0.39 is 11.8 Å². The molecule has 76 valence electrons. The van der Waals surface area contributed by atoms with Gasteiger partial charge < -0.3 is 15.6 Å². The molecule has 0 spiro atoms. The molecule has 3 N–H and O–H groups in total. The Bertz CT molecular complexity index is 395. The minimum absolute atomic E-state index is 0.0145. The number of halogens is 2. The molecule has 6 heteroatoms. The summed E-state index contributed by atoms with van der Waals surface area (Å²) in [7, 11) is 1.19. The predicted octanol–water partition coefficient (Wildman–Crippen LogP) is 1.88. The van der Waals surface area contributed by atoms with Crippen molar-refractivity contribution >= 4 is 27.6 Å². The molecule has 0 aliphatic heterocycles. The summed E-state index contributed by atoms with van der Waals surface area (Å²) in [6, 6.07) is 0.995. The molecule has 1 rings (SSSR count). The van der Waals surface area contributed by atoms with Crippen molar-refractivity contribution in [2.45, 2.75) is 0 Å². The number of methoxy groups -OCH3 is 1. The quantitative estimate of drug-likeness (QED) is 0.800. The van der Waals surface area contributed by atoms with Gasteiger partial charge in [0.05, 0.1) is 11.6 Å². The van der Waals surface area contributed by atoms with Crippen LogP contribution >= 0.6 is 15.9 Å². The lowest BCUT2D eigenvalue weighted by atomic mass is 10.1. The van der Waals surface area contributed by atoms with Gasteiger partial charge in [-0.1, -0.05) is 0 Å². The lowest BCUT2D eigenvalue weighted by Crippen LogP contribution is -2.06. The smallest absolute Gasteiger partial charge is 0.340 e. The largest absolute Gasteiger partial charge is 0.493 e. The van der Waals surface area contributed by atoms with Crippen LogP contribution in [0.5, 0.6) is 5.75 Å². The second kappa shape index (κ2) is 3.83. The number of carboxylic acids is 1. The van der Waals surface area contributed by atoms with E-state index >= 15 is 0 Å². The Kier molecular flexibility index (Phi) is 2.95. The average molecular weight is 264 g/mol. The molecular formula is C8H7BrFNO3. The molecule has 0 radical (unpaired) electrons. The number of hydrogen-bond acceptors (Lipinski definition) is 3. The molecule has 1 aromatic carbocycles. The first kappa shape index (κ1) is 10.8. The van der Waals surface area contributed by atoms with Crippen LogP contribution in [0.25, 0.3) is 0 Å². The first-order chi connectivity index (χ1) is 6.49. The second-order valence-electron chi connectivity index (χ2n) is 2.48.